The molecular formula is C8H18O4S. The Bertz CT molecular complexity index is 243. The van der Waals surface area contributed by atoms with Crippen LogP contribution in [0.5, 0.6) is 0 Å². The molecule has 0 saturated heterocycles. The van der Waals surface area contributed by atoms with Crippen molar-refractivity contribution in [1.82, 2.24) is 0 Å². The molecule has 0 amide bonds. The lowest BCUT2D eigenvalue weighted by atomic mass is 10.0. The van der Waals surface area contributed by atoms with Crippen molar-refractivity contribution in [3.63, 3.8) is 0 Å². The summed E-state index contributed by atoms with van der Waals surface area (Å²) in [7, 11) is -1.77. The molecule has 0 radical (unpaired) electrons. The maximum atomic E-state index is 10.8. The second-order valence-corrected chi connectivity index (χ2v) is 5.38. The van der Waals surface area contributed by atoms with E-state index in [0.29, 0.717) is 6.42 Å². The summed E-state index contributed by atoms with van der Waals surface area (Å²) in [4.78, 5) is 0. The first-order valence-corrected chi connectivity index (χ1v) is 5.91. The monoisotopic (exact) mass is 210 g/mol. The molecule has 0 N–H and O–H groups in total. The molecule has 0 bridgehead atoms. The molecule has 0 aromatic heterocycles. The van der Waals surface area contributed by atoms with Gasteiger partial charge in [-0.25, -0.2) is 0 Å². The van der Waals surface area contributed by atoms with E-state index in [9.17, 15) is 8.42 Å². The molecule has 0 aromatic carbocycles. The number of rotatable bonds is 5. The third-order valence-electron chi connectivity index (χ3n) is 1.67. The first kappa shape index (κ1) is 12.9. The van der Waals surface area contributed by atoms with Crippen LogP contribution in [0, 0.1) is 0 Å². The van der Waals surface area contributed by atoms with Crippen molar-refractivity contribution in [2.45, 2.75) is 38.9 Å². The highest BCUT2D eigenvalue weighted by Crippen LogP contribution is 2.17. The maximum Gasteiger partial charge on any atom is 0.264 e. The van der Waals surface area contributed by atoms with E-state index in [1.165, 1.54) is 0 Å². The van der Waals surface area contributed by atoms with E-state index in [1.807, 2.05) is 13.8 Å². The lowest BCUT2D eigenvalue weighted by Gasteiger charge is -2.25. The molecule has 5 heteroatoms. The average molecular weight is 210 g/mol. The lowest BCUT2D eigenvalue weighted by Crippen LogP contribution is -2.29. The molecule has 0 saturated carbocycles. The van der Waals surface area contributed by atoms with Gasteiger partial charge in [-0.05, 0) is 20.8 Å². The van der Waals surface area contributed by atoms with Crippen molar-refractivity contribution in [3.8, 4) is 0 Å². The predicted molar refractivity (Wildman–Crippen MR) is 51.1 cm³/mol. The fourth-order valence-electron chi connectivity index (χ4n) is 1.11. The Morgan fingerprint density at radius 3 is 2.15 bits per heavy atom. The van der Waals surface area contributed by atoms with Crippen LogP contribution >= 0.6 is 0 Å². The number of hydrogen-bond acceptors (Lipinski definition) is 4. The van der Waals surface area contributed by atoms with Crippen molar-refractivity contribution in [1.29, 1.82) is 0 Å². The van der Waals surface area contributed by atoms with E-state index in [4.69, 9.17) is 8.92 Å². The smallest absolute Gasteiger partial charge is 0.264 e. The Morgan fingerprint density at radius 1 is 1.38 bits per heavy atom. The standard InChI is InChI=1S/C8H18O4S/c1-7(12-13(5,9)10)6-8(2,3)11-4/h7H,6H2,1-5H3. The van der Waals surface area contributed by atoms with Crippen LogP contribution in [0.2, 0.25) is 0 Å². The Balaban J connectivity index is 4.10. The molecule has 0 fully saturated rings. The Labute approximate surface area is 80.4 Å². The topological polar surface area (TPSA) is 52.6 Å². The van der Waals surface area contributed by atoms with Crippen molar-refractivity contribution in [2.24, 2.45) is 0 Å². The van der Waals surface area contributed by atoms with Crippen LogP contribution in [0.4, 0.5) is 0 Å². The molecular weight excluding hydrogens is 192 g/mol. The normalized spacial score (nSPS) is 15.8. The van der Waals surface area contributed by atoms with Gasteiger partial charge in [0, 0.05) is 13.5 Å². The predicted octanol–water partition coefficient (Wildman–Crippen LogP) is 1.17. The van der Waals surface area contributed by atoms with Crippen LogP contribution in [0.15, 0.2) is 0 Å². The third-order valence-corrected chi connectivity index (χ3v) is 2.35. The second-order valence-electron chi connectivity index (χ2n) is 3.78. The van der Waals surface area contributed by atoms with E-state index < -0.39 is 10.1 Å². The van der Waals surface area contributed by atoms with Gasteiger partial charge in [0.1, 0.15) is 0 Å². The number of hydrogen-bond donors (Lipinski definition) is 0. The van der Waals surface area contributed by atoms with Gasteiger partial charge >= 0.3 is 0 Å². The minimum Gasteiger partial charge on any atom is -0.379 e. The largest absolute Gasteiger partial charge is 0.379 e. The SMILES string of the molecule is COC(C)(C)CC(C)OS(C)(=O)=O. The summed E-state index contributed by atoms with van der Waals surface area (Å²) in [6, 6.07) is 0. The van der Waals surface area contributed by atoms with Crippen LogP contribution in [-0.4, -0.2) is 33.5 Å². The minimum absolute atomic E-state index is 0.357. The number of ether oxygens (including phenoxy) is 1. The van der Waals surface area contributed by atoms with Crippen LogP contribution in [0.1, 0.15) is 27.2 Å². The van der Waals surface area contributed by atoms with E-state index in [1.54, 1.807) is 14.0 Å². The number of methoxy groups -OCH3 is 1. The van der Waals surface area contributed by atoms with Crippen LogP contribution in [0.3, 0.4) is 0 Å². The quantitative estimate of drug-likeness (QED) is 0.639. The fraction of sp³-hybridized carbons (Fsp3) is 1.00. The molecule has 0 spiro atoms. The molecule has 0 heterocycles. The zero-order chi connectivity index (χ0) is 10.7. The Kier molecular flexibility index (Phi) is 4.35. The third kappa shape index (κ3) is 6.98. The summed E-state index contributed by atoms with van der Waals surface area (Å²) in [6.45, 7) is 5.48. The summed E-state index contributed by atoms with van der Waals surface area (Å²) in [6.07, 6.45) is 1.23. The molecule has 0 rings (SSSR count). The molecule has 13 heavy (non-hydrogen) atoms. The second kappa shape index (κ2) is 4.39. The summed E-state index contributed by atoms with van der Waals surface area (Å²) < 4.78 is 31.4. The van der Waals surface area contributed by atoms with Gasteiger partial charge in [-0.15, -0.1) is 0 Å². The zero-order valence-corrected chi connectivity index (χ0v) is 9.64. The summed E-state index contributed by atoms with van der Waals surface area (Å²) in [5, 5.41) is 0. The van der Waals surface area contributed by atoms with Gasteiger partial charge in [-0.1, -0.05) is 0 Å². The summed E-state index contributed by atoms with van der Waals surface area (Å²) >= 11 is 0. The Hall–Kier alpha value is -0.130. The highest BCUT2D eigenvalue weighted by molar-refractivity contribution is 7.86. The van der Waals surface area contributed by atoms with Gasteiger partial charge in [-0.3, -0.25) is 4.18 Å². The zero-order valence-electron chi connectivity index (χ0n) is 8.83. The lowest BCUT2D eigenvalue weighted by molar-refractivity contribution is -0.00881. The van der Waals surface area contributed by atoms with Crippen molar-refractivity contribution < 1.29 is 17.3 Å². The highest BCUT2D eigenvalue weighted by atomic mass is 32.2. The van der Waals surface area contributed by atoms with Gasteiger partial charge in [0.2, 0.25) is 0 Å². The molecule has 0 aliphatic carbocycles. The van der Waals surface area contributed by atoms with E-state index in [-0.39, 0.29) is 11.7 Å². The van der Waals surface area contributed by atoms with Crippen molar-refractivity contribution in [3.05, 3.63) is 0 Å². The highest BCUT2D eigenvalue weighted by Gasteiger charge is 2.22. The molecule has 0 aliphatic rings. The van der Waals surface area contributed by atoms with Crippen LogP contribution in [-0.2, 0) is 19.0 Å². The maximum absolute atomic E-state index is 10.8. The van der Waals surface area contributed by atoms with Crippen molar-refractivity contribution >= 4 is 10.1 Å². The van der Waals surface area contributed by atoms with Crippen molar-refractivity contribution in [2.75, 3.05) is 13.4 Å². The van der Waals surface area contributed by atoms with E-state index in [0.717, 1.165) is 6.26 Å². The summed E-state index contributed by atoms with van der Waals surface area (Å²) in [5.41, 5.74) is -0.357. The summed E-state index contributed by atoms with van der Waals surface area (Å²) in [5.74, 6) is 0. The minimum atomic E-state index is -3.36. The first-order valence-electron chi connectivity index (χ1n) is 4.10. The Morgan fingerprint density at radius 2 is 1.85 bits per heavy atom. The molecule has 80 valence electrons. The molecule has 4 nitrogen and oxygen atoms in total. The van der Waals surface area contributed by atoms with Gasteiger partial charge < -0.3 is 4.74 Å². The van der Waals surface area contributed by atoms with E-state index >= 15 is 0 Å². The molecule has 0 aliphatic heterocycles. The molecule has 1 unspecified atom stereocenters. The molecule has 0 aromatic rings. The first-order chi connectivity index (χ1) is 5.66. The van der Waals surface area contributed by atoms with Gasteiger partial charge in [0.15, 0.2) is 0 Å². The van der Waals surface area contributed by atoms with E-state index in [2.05, 4.69) is 0 Å². The van der Waals surface area contributed by atoms with Gasteiger partial charge in [-0.2, -0.15) is 8.42 Å². The van der Waals surface area contributed by atoms with Gasteiger partial charge in [0.25, 0.3) is 10.1 Å². The van der Waals surface area contributed by atoms with Crippen LogP contribution in [0.25, 0.3) is 0 Å². The van der Waals surface area contributed by atoms with Crippen LogP contribution < -0.4 is 0 Å². The molecule has 1 atom stereocenters. The average Bonchev–Trinajstić information content (AvgIpc) is 1.81. The van der Waals surface area contributed by atoms with Gasteiger partial charge in [0.05, 0.1) is 18.0 Å². The fourth-order valence-corrected chi connectivity index (χ4v) is 1.77.